The standard InChI is InChI=1S/C10H17N3O3/c11-7(3-1-2-4-8(12)14)13-9(15)5-6-10(13)16/h7H,1-6,11H2,(H2,12,14)/t7-/m0/s1. The molecule has 0 unspecified atom stereocenters. The number of hydrogen-bond donors (Lipinski definition) is 2. The molecule has 0 radical (unpaired) electrons. The lowest BCUT2D eigenvalue weighted by Gasteiger charge is -2.21. The molecular formula is C10H17N3O3. The first-order valence-corrected chi connectivity index (χ1v) is 5.41. The van der Waals surface area contributed by atoms with Crippen molar-refractivity contribution in [1.29, 1.82) is 0 Å². The predicted molar refractivity (Wildman–Crippen MR) is 56.7 cm³/mol. The minimum absolute atomic E-state index is 0.201. The number of amides is 3. The summed E-state index contributed by atoms with van der Waals surface area (Å²) in [4.78, 5) is 34.2. The maximum atomic E-state index is 11.3. The zero-order valence-electron chi connectivity index (χ0n) is 9.15. The van der Waals surface area contributed by atoms with Gasteiger partial charge in [-0.05, 0) is 19.3 Å². The van der Waals surface area contributed by atoms with Gasteiger partial charge < -0.3 is 11.5 Å². The Balaban J connectivity index is 2.29. The van der Waals surface area contributed by atoms with Gasteiger partial charge in [0.05, 0.1) is 6.17 Å². The molecule has 0 aromatic heterocycles. The third kappa shape index (κ3) is 3.30. The predicted octanol–water partition coefficient (Wildman–Crippen LogP) is -0.534. The van der Waals surface area contributed by atoms with Crippen molar-refractivity contribution in [1.82, 2.24) is 4.90 Å². The summed E-state index contributed by atoms with van der Waals surface area (Å²) in [6.07, 6.45) is 2.11. The van der Waals surface area contributed by atoms with E-state index in [0.29, 0.717) is 25.7 Å². The minimum atomic E-state index is -0.560. The van der Waals surface area contributed by atoms with Crippen molar-refractivity contribution in [3.63, 3.8) is 0 Å². The van der Waals surface area contributed by atoms with Gasteiger partial charge in [0.1, 0.15) is 0 Å². The van der Waals surface area contributed by atoms with Crippen LogP contribution in [0.1, 0.15) is 38.5 Å². The zero-order valence-corrected chi connectivity index (χ0v) is 9.15. The number of imide groups is 1. The molecule has 0 aromatic carbocycles. The van der Waals surface area contributed by atoms with E-state index in [-0.39, 0.29) is 30.6 Å². The van der Waals surface area contributed by atoms with Gasteiger partial charge in [0.25, 0.3) is 0 Å². The fourth-order valence-electron chi connectivity index (χ4n) is 1.75. The van der Waals surface area contributed by atoms with Crippen LogP contribution in [-0.2, 0) is 14.4 Å². The molecule has 1 atom stereocenters. The largest absolute Gasteiger partial charge is 0.370 e. The maximum Gasteiger partial charge on any atom is 0.231 e. The maximum absolute atomic E-state index is 11.3. The monoisotopic (exact) mass is 227 g/mol. The number of nitrogens with zero attached hydrogens (tertiary/aromatic N) is 1. The fraction of sp³-hybridized carbons (Fsp3) is 0.700. The highest BCUT2D eigenvalue weighted by Crippen LogP contribution is 2.16. The first-order valence-electron chi connectivity index (χ1n) is 5.41. The van der Waals surface area contributed by atoms with Gasteiger partial charge >= 0.3 is 0 Å². The van der Waals surface area contributed by atoms with E-state index < -0.39 is 6.17 Å². The second kappa shape index (κ2) is 5.60. The van der Waals surface area contributed by atoms with Gasteiger partial charge in [0.2, 0.25) is 17.7 Å². The Bertz CT molecular complexity index is 288. The van der Waals surface area contributed by atoms with Crippen LogP contribution in [-0.4, -0.2) is 28.8 Å². The highest BCUT2D eigenvalue weighted by atomic mass is 16.2. The Hall–Kier alpha value is -1.43. The molecule has 6 nitrogen and oxygen atoms in total. The number of nitrogens with two attached hydrogens (primary N) is 2. The van der Waals surface area contributed by atoms with Crippen LogP contribution >= 0.6 is 0 Å². The van der Waals surface area contributed by atoms with Crippen molar-refractivity contribution in [3.05, 3.63) is 0 Å². The van der Waals surface area contributed by atoms with Crippen LogP contribution in [0, 0.1) is 0 Å². The molecule has 3 amide bonds. The quantitative estimate of drug-likeness (QED) is 0.469. The van der Waals surface area contributed by atoms with Crippen LogP contribution in [0.25, 0.3) is 0 Å². The van der Waals surface area contributed by atoms with Crippen molar-refractivity contribution in [2.45, 2.75) is 44.7 Å². The third-order valence-electron chi connectivity index (χ3n) is 2.59. The van der Waals surface area contributed by atoms with Gasteiger partial charge in [-0.2, -0.15) is 0 Å². The molecule has 1 heterocycles. The van der Waals surface area contributed by atoms with Gasteiger partial charge in [-0.1, -0.05) is 0 Å². The molecular weight excluding hydrogens is 210 g/mol. The average molecular weight is 227 g/mol. The normalized spacial score (nSPS) is 17.9. The lowest BCUT2D eigenvalue weighted by Crippen LogP contribution is -2.45. The molecule has 1 fully saturated rings. The number of rotatable bonds is 6. The zero-order chi connectivity index (χ0) is 12.1. The third-order valence-corrected chi connectivity index (χ3v) is 2.59. The molecule has 1 rings (SSSR count). The van der Waals surface area contributed by atoms with Crippen molar-refractivity contribution in [2.24, 2.45) is 11.5 Å². The second-order valence-corrected chi connectivity index (χ2v) is 3.94. The first-order chi connectivity index (χ1) is 7.52. The smallest absolute Gasteiger partial charge is 0.231 e. The van der Waals surface area contributed by atoms with Crippen LogP contribution in [0.5, 0.6) is 0 Å². The second-order valence-electron chi connectivity index (χ2n) is 3.94. The van der Waals surface area contributed by atoms with Crippen molar-refractivity contribution in [3.8, 4) is 0 Å². The molecule has 1 aliphatic rings. The van der Waals surface area contributed by atoms with Gasteiger partial charge in [-0.15, -0.1) is 0 Å². The Morgan fingerprint density at radius 2 is 1.81 bits per heavy atom. The molecule has 0 aromatic rings. The SMILES string of the molecule is NC(=O)CCCC[C@@H](N)N1C(=O)CCC1=O. The summed E-state index contributed by atoms with van der Waals surface area (Å²) >= 11 is 0. The van der Waals surface area contributed by atoms with Gasteiger partial charge in [0.15, 0.2) is 0 Å². The Labute approximate surface area is 93.9 Å². The number of likely N-dealkylation sites (tertiary alicyclic amines) is 1. The minimum Gasteiger partial charge on any atom is -0.370 e. The lowest BCUT2D eigenvalue weighted by atomic mass is 10.1. The molecule has 0 aliphatic carbocycles. The topological polar surface area (TPSA) is 106 Å². The molecule has 0 bridgehead atoms. The number of carbonyl (C=O) groups is 3. The van der Waals surface area contributed by atoms with Crippen LogP contribution < -0.4 is 11.5 Å². The Morgan fingerprint density at radius 1 is 1.25 bits per heavy atom. The van der Waals surface area contributed by atoms with E-state index in [4.69, 9.17) is 11.5 Å². The lowest BCUT2D eigenvalue weighted by molar-refractivity contribution is -0.141. The van der Waals surface area contributed by atoms with Crippen molar-refractivity contribution in [2.75, 3.05) is 0 Å². The van der Waals surface area contributed by atoms with E-state index in [1.165, 1.54) is 0 Å². The molecule has 1 saturated heterocycles. The molecule has 90 valence electrons. The summed E-state index contributed by atoms with van der Waals surface area (Å²) < 4.78 is 0. The van der Waals surface area contributed by atoms with Crippen LogP contribution in [0.15, 0.2) is 0 Å². The van der Waals surface area contributed by atoms with E-state index in [0.717, 1.165) is 4.90 Å². The summed E-state index contributed by atoms with van der Waals surface area (Å²) in [7, 11) is 0. The van der Waals surface area contributed by atoms with Gasteiger partial charge in [-0.25, -0.2) is 0 Å². The average Bonchev–Trinajstić information content (AvgIpc) is 2.53. The van der Waals surface area contributed by atoms with E-state index in [9.17, 15) is 14.4 Å². The number of primary amides is 1. The van der Waals surface area contributed by atoms with Crippen LogP contribution in [0.3, 0.4) is 0 Å². The van der Waals surface area contributed by atoms with Crippen molar-refractivity contribution < 1.29 is 14.4 Å². The summed E-state index contributed by atoms with van der Waals surface area (Å²) in [5.74, 6) is -0.748. The van der Waals surface area contributed by atoms with Crippen molar-refractivity contribution >= 4 is 17.7 Å². The Kier molecular flexibility index (Phi) is 4.42. The van der Waals surface area contributed by atoms with Crippen LogP contribution in [0.4, 0.5) is 0 Å². The number of unbranched alkanes of at least 4 members (excludes halogenated alkanes) is 1. The molecule has 1 aliphatic heterocycles. The summed E-state index contributed by atoms with van der Waals surface area (Å²) in [6, 6.07) is 0. The van der Waals surface area contributed by atoms with Crippen LogP contribution in [0.2, 0.25) is 0 Å². The highest BCUT2D eigenvalue weighted by molar-refractivity contribution is 6.02. The number of hydrogen-bond acceptors (Lipinski definition) is 4. The fourth-order valence-corrected chi connectivity index (χ4v) is 1.75. The molecule has 6 heteroatoms. The van der Waals surface area contributed by atoms with E-state index in [1.54, 1.807) is 0 Å². The van der Waals surface area contributed by atoms with E-state index in [1.807, 2.05) is 0 Å². The van der Waals surface area contributed by atoms with E-state index >= 15 is 0 Å². The van der Waals surface area contributed by atoms with Gasteiger partial charge in [-0.3, -0.25) is 19.3 Å². The van der Waals surface area contributed by atoms with E-state index in [2.05, 4.69) is 0 Å². The summed E-state index contributed by atoms with van der Waals surface area (Å²) in [5, 5.41) is 0. The summed E-state index contributed by atoms with van der Waals surface area (Å²) in [5.41, 5.74) is 10.7. The molecule has 4 N–H and O–H groups in total. The highest BCUT2D eigenvalue weighted by Gasteiger charge is 2.32. The molecule has 16 heavy (non-hydrogen) atoms. The Morgan fingerprint density at radius 3 is 2.31 bits per heavy atom. The molecule has 0 spiro atoms. The summed E-state index contributed by atoms with van der Waals surface area (Å²) in [6.45, 7) is 0. The molecule has 0 saturated carbocycles. The number of carbonyl (C=O) groups excluding carboxylic acids is 3. The first kappa shape index (κ1) is 12.6. The van der Waals surface area contributed by atoms with Gasteiger partial charge in [0, 0.05) is 19.3 Å².